The first-order valence-electron chi connectivity index (χ1n) is 8.00. The monoisotopic (exact) mass is 337 g/mol. The van der Waals surface area contributed by atoms with Gasteiger partial charge in [-0.3, -0.25) is 20.2 Å². The zero-order valence-electron chi connectivity index (χ0n) is 13.2. The predicted octanol–water partition coefficient (Wildman–Crippen LogP) is 4.33. The Morgan fingerprint density at radius 1 is 0.960 bits per heavy atom. The van der Waals surface area contributed by atoms with Gasteiger partial charge in [0, 0.05) is 35.9 Å². The summed E-state index contributed by atoms with van der Waals surface area (Å²) in [4.78, 5) is 21.1. The first kappa shape index (κ1) is 15.3. The lowest BCUT2D eigenvalue weighted by Crippen LogP contribution is -2.29. The number of benzene rings is 2. The summed E-state index contributed by atoms with van der Waals surface area (Å²) >= 11 is 0. The van der Waals surface area contributed by atoms with E-state index in [4.69, 9.17) is 0 Å². The van der Waals surface area contributed by atoms with Gasteiger partial charge >= 0.3 is 0 Å². The SMILES string of the molecule is O=[N+]([O-])c1ccc([C@@H]2Nc3ccc([N+](=O)[O-])cc3[C@H]3C=CC[C@@H]32)cc1. The van der Waals surface area contributed by atoms with E-state index >= 15 is 0 Å². The van der Waals surface area contributed by atoms with Crippen LogP contribution >= 0.6 is 0 Å². The highest BCUT2D eigenvalue weighted by molar-refractivity contribution is 5.63. The second-order valence-corrected chi connectivity index (χ2v) is 6.35. The summed E-state index contributed by atoms with van der Waals surface area (Å²) < 4.78 is 0. The van der Waals surface area contributed by atoms with Crippen LogP contribution in [-0.4, -0.2) is 9.85 Å². The molecule has 1 heterocycles. The lowest BCUT2D eigenvalue weighted by molar-refractivity contribution is -0.385. The molecular formula is C18H15N3O4. The van der Waals surface area contributed by atoms with Crippen molar-refractivity contribution in [3.63, 3.8) is 0 Å². The number of nitrogens with zero attached hydrogens (tertiary/aromatic N) is 2. The molecule has 25 heavy (non-hydrogen) atoms. The third kappa shape index (κ3) is 2.53. The summed E-state index contributed by atoms with van der Waals surface area (Å²) in [7, 11) is 0. The van der Waals surface area contributed by atoms with E-state index in [1.54, 1.807) is 24.3 Å². The summed E-state index contributed by atoms with van der Waals surface area (Å²) in [6.45, 7) is 0. The van der Waals surface area contributed by atoms with Gasteiger partial charge in [-0.1, -0.05) is 24.3 Å². The second kappa shape index (κ2) is 5.70. The highest BCUT2D eigenvalue weighted by atomic mass is 16.6. The van der Waals surface area contributed by atoms with Crippen LogP contribution in [0.15, 0.2) is 54.6 Å². The van der Waals surface area contributed by atoms with Crippen LogP contribution in [0.5, 0.6) is 0 Å². The molecule has 0 unspecified atom stereocenters. The zero-order valence-corrected chi connectivity index (χ0v) is 13.2. The van der Waals surface area contributed by atoms with E-state index in [1.165, 1.54) is 18.2 Å². The van der Waals surface area contributed by atoms with Crippen molar-refractivity contribution < 1.29 is 9.85 Å². The highest BCUT2D eigenvalue weighted by Gasteiger charge is 2.38. The van der Waals surface area contributed by atoms with Crippen LogP contribution in [0.2, 0.25) is 0 Å². The molecule has 0 amide bonds. The molecular weight excluding hydrogens is 322 g/mol. The van der Waals surface area contributed by atoms with Crippen LogP contribution in [0, 0.1) is 26.1 Å². The number of nitrogens with one attached hydrogen (secondary N) is 1. The minimum atomic E-state index is -0.410. The molecule has 7 heteroatoms. The van der Waals surface area contributed by atoms with E-state index < -0.39 is 4.92 Å². The molecule has 1 aliphatic carbocycles. The fourth-order valence-electron chi connectivity index (χ4n) is 3.83. The van der Waals surface area contributed by atoms with Crippen molar-refractivity contribution in [3.8, 4) is 0 Å². The zero-order chi connectivity index (χ0) is 17.6. The van der Waals surface area contributed by atoms with Crippen LogP contribution in [-0.2, 0) is 0 Å². The number of hydrogen-bond donors (Lipinski definition) is 1. The maximum atomic E-state index is 11.1. The van der Waals surface area contributed by atoms with E-state index in [-0.39, 0.29) is 34.2 Å². The summed E-state index contributed by atoms with van der Waals surface area (Å²) in [5.74, 6) is 0.340. The lowest BCUT2D eigenvalue weighted by Gasteiger charge is -2.37. The summed E-state index contributed by atoms with van der Waals surface area (Å²) in [5, 5.41) is 25.4. The Hall–Kier alpha value is -3.22. The van der Waals surface area contributed by atoms with Crippen molar-refractivity contribution in [2.45, 2.75) is 18.4 Å². The molecule has 1 N–H and O–H groups in total. The number of anilines is 1. The van der Waals surface area contributed by atoms with Gasteiger partial charge in [0.05, 0.1) is 15.9 Å². The third-order valence-electron chi connectivity index (χ3n) is 5.02. The van der Waals surface area contributed by atoms with Crippen LogP contribution in [0.4, 0.5) is 17.1 Å². The quantitative estimate of drug-likeness (QED) is 0.510. The number of hydrogen-bond acceptors (Lipinski definition) is 5. The Bertz CT molecular complexity index is 892. The van der Waals surface area contributed by atoms with Gasteiger partial charge in [0.2, 0.25) is 0 Å². The molecule has 7 nitrogen and oxygen atoms in total. The molecule has 0 radical (unpaired) electrons. The van der Waals surface area contributed by atoms with Gasteiger partial charge in [-0.15, -0.1) is 0 Å². The Morgan fingerprint density at radius 3 is 2.32 bits per heavy atom. The first-order chi connectivity index (χ1) is 12.0. The number of allylic oxidation sites excluding steroid dienone is 2. The standard InChI is InChI=1S/C18H15N3O4/c22-20(23)12-6-4-11(5-7-12)18-15-3-1-2-14(15)16-10-13(21(24)25)8-9-17(16)19-18/h1-2,4-10,14-15,18-19H,3H2/t14-,15-,18-/m0/s1. The molecule has 1 aliphatic heterocycles. The smallest absolute Gasteiger partial charge is 0.269 e. The minimum absolute atomic E-state index is 0.00904. The normalized spacial score (nSPS) is 23.4. The average molecular weight is 337 g/mol. The topological polar surface area (TPSA) is 98.3 Å². The lowest BCUT2D eigenvalue weighted by atomic mass is 9.77. The Morgan fingerprint density at radius 2 is 1.64 bits per heavy atom. The Kier molecular flexibility index (Phi) is 3.49. The third-order valence-corrected chi connectivity index (χ3v) is 5.02. The van der Waals surface area contributed by atoms with Crippen LogP contribution in [0.1, 0.15) is 29.5 Å². The molecule has 2 aromatic rings. The highest BCUT2D eigenvalue weighted by Crippen LogP contribution is 2.50. The van der Waals surface area contributed by atoms with Crippen LogP contribution in [0.25, 0.3) is 0 Å². The van der Waals surface area contributed by atoms with Crippen molar-refractivity contribution in [2.75, 3.05) is 5.32 Å². The van der Waals surface area contributed by atoms with E-state index in [9.17, 15) is 20.2 Å². The molecule has 0 saturated carbocycles. The number of rotatable bonds is 3. The number of fused-ring (bicyclic) bond motifs is 3. The fourth-order valence-corrected chi connectivity index (χ4v) is 3.83. The molecule has 2 aliphatic rings. The fraction of sp³-hybridized carbons (Fsp3) is 0.222. The van der Waals surface area contributed by atoms with E-state index in [1.807, 2.05) is 0 Å². The largest absolute Gasteiger partial charge is 0.378 e. The van der Waals surface area contributed by atoms with Crippen LogP contribution < -0.4 is 5.32 Å². The molecule has 4 rings (SSSR count). The van der Waals surface area contributed by atoms with Gasteiger partial charge in [-0.2, -0.15) is 0 Å². The molecule has 126 valence electrons. The van der Waals surface area contributed by atoms with Gasteiger partial charge < -0.3 is 5.32 Å². The number of non-ortho nitro benzene ring substituents is 2. The summed E-state index contributed by atoms with van der Waals surface area (Å²) in [6.07, 6.45) is 5.07. The molecule has 3 atom stereocenters. The van der Waals surface area contributed by atoms with Gasteiger partial charge in [0.1, 0.15) is 0 Å². The van der Waals surface area contributed by atoms with Crippen molar-refractivity contribution >= 4 is 17.1 Å². The predicted molar refractivity (Wildman–Crippen MR) is 92.5 cm³/mol. The molecule has 2 aromatic carbocycles. The number of nitro groups is 2. The molecule has 0 fully saturated rings. The maximum Gasteiger partial charge on any atom is 0.269 e. The van der Waals surface area contributed by atoms with Gasteiger partial charge in [0.15, 0.2) is 0 Å². The molecule has 0 aromatic heterocycles. The van der Waals surface area contributed by atoms with Gasteiger partial charge in [-0.05, 0) is 29.5 Å². The summed E-state index contributed by atoms with van der Waals surface area (Å²) in [6, 6.07) is 11.5. The van der Waals surface area contributed by atoms with E-state index in [0.29, 0.717) is 0 Å². The Labute approximate surface area is 143 Å². The van der Waals surface area contributed by atoms with E-state index in [0.717, 1.165) is 23.2 Å². The van der Waals surface area contributed by atoms with Crippen molar-refractivity contribution in [1.29, 1.82) is 0 Å². The first-order valence-corrected chi connectivity index (χ1v) is 8.00. The average Bonchev–Trinajstić information content (AvgIpc) is 3.10. The second-order valence-electron chi connectivity index (χ2n) is 6.35. The summed E-state index contributed by atoms with van der Waals surface area (Å²) in [5.41, 5.74) is 2.95. The number of nitro benzene ring substituents is 2. The van der Waals surface area contributed by atoms with E-state index in [2.05, 4.69) is 17.5 Å². The van der Waals surface area contributed by atoms with Crippen molar-refractivity contribution in [1.82, 2.24) is 0 Å². The van der Waals surface area contributed by atoms with Gasteiger partial charge in [0.25, 0.3) is 11.4 Å². The molecule has 0 spiro atoms. The minimum Gasteiger partial charge on any atom is -0.378 e. The molecule has 0 saturated heterocycles. The maximum absolute atomic E-state index is 11.1. The van der Waals surface area contributed by atoms with Crippen molar-refractivity contribution in [2.24, 2.45) is 5.92 Å². The van der Waals surface area contributed by atoms with Crippen LogP contribution in [0.3, 0.4) is 0 Å². The van der Waals surface area contributed by atoms with Crippen molar-refractivity contribution in [3.05, 3.63) is 86.0 Å². The molecule has 0 bridgehead atoms. The Balaban J connectivity index is 1.72. The van der Waals surface area contributed by atoms with Gasteiger partial charge in [-0.25, -0.2) is 0 Å².